The molecule has 10 nitrogen and oxygen atoms in total. The maximum absolute atomic E-state index is 11.9. The van der Waals surface area contributed by atoms with Gasteiger partial charge < -0.3 is 23.8 Å². The van der Waals surface area contributed by atoms with E-state index in [1.807, 2.05) is 31.3 Å². The summed E-state index contributed by atoms with van der Waals surface area (Å²) in [5, 5.41) is 6.72. The third kappa shape index (κ3) is 9.14. The molecule has 0 aliphatic rings. The number of nitrogens with one attached hydrogen (secondary N) is 4. The van der Waals surface area contributed by atoms with Crippen LogP contribution >= 0.6 is 17.9 Å². The largest absolute Gasteiger partial charge is 0.432 e. The molecule has 0 heterocycles. The van der Waals surface area contributed by atoms with Crippen LogP contribution in [0.1, 0.15) is 25.0 Å². The minimum atomic E-state index is -2.37. The summed E-state index contributed by atoms with van der Waals surface area (Å²) in [7, 11) is 6.90. The SMILES string of the molecule is [B]NPOC(=O)NC(=NCCc1cccc2c(CC(C)(C)[Si](C)(C)O)cccc12)NC(=O)OPN[B]. The first kappa shape index (κ1) is 30.2. The average Bonchev–Trinajstić information content (AvgIpc) is 2.81. The standard InChI is InChI=1S/C21H31B2N5O5P2Si/c1-21(2,36(3,4)31)13-15-8-6-9-16-14(7-5-10-17(15)16)11-12-24-18(25-19(29)32-34-27-22)26-20(30)33-35-28-23/h5-10,27-28,31,34-35H,11-13H2,1-4H3,(H2,24,25,26,29,30). The third-order valence-corrected chi connectivity index (χ3v) is 10.2. The fraction of sp³-hybridized carbons (Fsp3) is 0.381. The smallest absolute Gasteiger partial charge is 0.417 e. The van der Waals surface area contributed by atoms with Gasteiger partial charge in [0.1, 0.15) is 17.9 Å². The second-order valence-corrected chi connectivity index (χ2v) is 14.9. The maximum atomic E-state index is 11.9. The van der Waals surface area contributed by atoms with Crippen molar-refractivity contribution in [3.8, 4) is 0 Å². The van der Waals surface area contributed by atoms with E-state index in [9.17, 15) is 14.4 Å². The minimum Gasteiger partial charge on any atom is -0.432 e. The predicted molar refractivity (Wildman–Crippen MR) is 151 cm³/mol. The molecule has 190 valence electrons. The maximum Gasteiger partial charge on any atom is 0.417 e. The van der Waals surface area contributed by atoms with Gasteiger partial charge in [-0.1, -0.05) is 50.2 Å². The van der Waals surface area contributed by atoms with Crippen molar-refractivity contribution in [1.29, 1.82) is 0 Å². The highest BCUT2D eigenvalue weighted by Gasteiger charge is 2.38. The van der Waals surface area contributed by atoms with Gasteiger partial charge in [-0.05, 0) is 52.9 Å². The summed E-state index contributed by atoms with van der Waals surface area (Å²) in [5.74, 6) is -0.133. The molecule has 0 aliphatic carbocycles. The van der Waals surface area contributed by atoms with Gasteiger partial charge in [-0.25, -0.2) is 9.59 Å². The number of carbonyl (C=O) groups excluding carboxylic acids is 2. The van der Waals surface area contributed by atoms with Gasteiger partial charge in [0.05, 0.1) is 0 Å². The Kier molecular flexibility index (Phi) is 11.8. The molecule has 0 aliphatic heterocycles. The number of carbonyl (C=O) groups is 2. The number of rotatable bonds is 10. The van der Waals surface area contributed by atoms with E-state index < -0.39 is 38.4 Å². The molecule has 0 spiro atoms. The lowest BCUT2D eigenvalue weighted by Gasteiger charge is -2.35. The van der Waals surface area contributed by atoms with E-state index in [1.165, 1.54) is 5.56 Å². The van der Waals surface area contributed by atoms with E-state index in [0.717, 1.165) is 22.8 Å². The van der Waals surface area contributed by atoms with Crippen molar-refractivity contribution < 1.29 is 23.4 Å². The molecule has 2 aromatic carbocycles. The summed E-state index contributed by atoms with van der Waals surface area (Å²) in [5.41, 5.74) is 2.24. The Labute approximate surface area is 219 Å². The second kappa shape index (κ2) is 14.1. The number of nitrogens with zero attached hydrogens (tertiary/aromatic N) is 1. The molecule has 0 saturated carbocycles. The number of benzene rings is 2. The van der Waals surface area contributed by atoms with E-state index in [2.05, 4.69) is 57.7 Å². The van der Waals surface area contributed by atoms with Crippen LogP contribution in [0, 0.1) is 0 Å². The van der Waals surface area contributed by atoms with Crippen molar-refractivity contribution in [3.63, 3.8) is 0 Å². The number of aliphatic imine (C=N–C) groups is 1. The van der Waals surface area contributed by atoms with Crippen molar-refractivity contribution in [3.05, 3.63) is 47.5 Å². The van der Waals surface area contributed by atoms with Gasteiger partial charge in [-0.15, -0.1) is 0 Å². The first-order valence-corrected chi connectivity index (χ1v) is 15.9. The molecular formula is C21H31B2N5O5P2Si. The first-order valence-electron chi connectivity index (χ1n) is 11.1. The molecule has 36 heavy (non-hydrogen) atoms. The molecule has 0 fully saturated rings. The van der Waals surface area contributed by atoms with Crippen molar-refractivity contribution in [1.82, 2.24) is 20.6 Å². The lowest BCUT2D eigenvalue weighted by atomic mass is 9.93. The topological polar surface area (TPSA) is 133 Å². The Balaban J connectivity index is 2.22. The number of hydrogen-bond donors (Lipinski definition) is 5. The molecule has 4 radical (unpaired) electrons. The Bertz CT molecular complexity index is 1060. The number of guanidine groups is 1. The zero-order chi connectivity index (χ0) is 26.8. The highest BCUT2D eigenvalue weighted by atomic mass is 31.1. The van der Waals surface area contributed by atoms with Crippen molar-refractivity contribution in [2.24, 2.45) is 4.99 Å². The molecular weight excluding hydrogens is 514 g/mol. The third-order valence-electron chi connectivity index (χ3n) is 5.89. The molecule has 0 saturated heterocycles. The van der Waals surface area contributed by atoms with E-state index in [-0.39, 0.29) is 17.5 Å². The Morgan fingerprint density at radius 1 is 0.972 bits per heavy atom. The minimum absolute atomic E-state index is 0.133. The van der Waals surface area contributed by atoms with Crippen LogP contribution in [-0.4, -0.2) is 53.8 Å². The van der Waals surface area contributed by atoms with Gasteiger partial charge in [-0.3, -0.25) is 15.6 Å². The molecule has 2 amide bonds. The summed E-state index contributed by atoms with van der Waals surface area (Å²) in [6.07, 6.45) is -0.393. The fourth-order valence-corrected chi connectivity index (χ4v) is 4.33. The summed E-state index contributed by atoms with van der Waals surface area (Å²) >= 11 is 0. The van der Waals surface area contributed by atoms with Crippen molar-refractivity contribution >= 4 is 71.1 Å². The first-order chi connectivity index (χ1) is 17.0. The summed E-state index contributed by atoms with van der Waals surface area (Å²) in [6.45, 7) is 8.42. The van der Waals surface area contributed by atoms with E-state index >= 15 is 0 Å². The second-order valence-electron chi connectivity index (χ2n) is 9.05. The Morgan fingerprint density at radius 2 is 1.47 bits per heavy atom. The molecule has 5 N–H and O–H groups in total. The summed E-state index contributed by atoms with van der Waals surface area (Å²) in [4.78, 5) is 43.3. The number of hydrogen-bond acceptors (Lipinski definition) is 8. The van der Waals surface area contributed by atoms with Crippen LogP contribution in [-0.2, 0) is 21.9 Å². The molecule has 2 atom stereocenters. The van der Waals surface area contributed by atoms with E-state index in [0.29, 0.717) is 6.42 Å². The van der Waals surface area contributed by atoms with Crippen LogP contribution < -0.4 is 20.6 Å². The van der Waals surface area contributed by atoms with Gasteiger partial charge in [-0.2, -0.15) is 0 Å². The van der Waals surface area contributed by atoms with E-state index in [1.54, 1.807) is 0 Å². The lowest BCUT2D eigenvalue weighted by molar-refractivity contribution is 0.209. The van der Waals surface area contributed by atoms with Crippen molar-refractivity contribution in [2.45, 2.75) is 44.8 Å². The summed E-state index contributed by atoms with van der Waals surface area (Å²) in [6, 6.07) is 12.3. The quantitative estimate of drug-likeness (QED) is 0.134. The van der Waals surface area contributed by atoms with Crippen LogP contribution in [0.2, 0.25) is 18.1 Å². The average molecular weight is 545 g/mol. The van der Waals surface area contributed by atoms with Crippen molar-refractivity contribution in [2.75, 3.05) is 6.54 Å². The molecule has 15 heteroatoms. The van der Waals surface area contributed by atoms with Gasteiger partial charge in [0, 0.05) is 6.54 Å². The Hall–Kier alpha value is -2.00. The molecule has 0 aromatic heterocycles. The zero-order valence-corrected chi connectivity index (χ0v) is 23.8. The number of amides is 2. The highest BCUT2D eigenvalue weighted by Crippen LogP contribution is 2.40. The van der Waals surface area contributed by atoms with Gasteiger partial charge in [0.15, 0.2) is 24.3 Å². The van der Waals surface area contributed by atoms with Gasteiger partial charge >= 0.3 is 12.2 Å². The lowest BCUT2D eigenvalue weighted by Crippen LogP contribution is -2.43. The van der Waals surface area contributed by atoms with Gasteiger partial charge in [0.25, 0.3) is 0 Å². The van der Waals surface area contributed by atoms with Crippen LogP contribution in [0.3, 0.4) is 0 Å². The predicted octanol–water partition coefficient (Wildman–Crippen LogP) is 3.07. The fourth-order valence-electron chi connectivity index (χ4n) is 3.30. The van der Waals surface area contributed by atoms with Crippen LogP contribution in [0.15, 0.2) is 41.4 Å². The highest BCUT2D eigenvalue weighted by molar-refractivity contribution is 7.32. The molecule has 0 bridgehead atoms. The van der Waals surface area contributed by atoms with E-state index in [4.69, 9.17) is 25.0 Å². The molecule has 2 rings (SSSR count). The van der Waals surface area contributed by atoms with Gasteiger partial charge in [0.2, 0.25) is 5.96 Å². The van der Waals surface area contributed by atoms with Crippen LogP contribution in [0.5, 0.6) is 0 Å². The molecule has 2 unspecified atom stereocenters. The normalized spacial score (nSPS) is 12.2. The van der Waals surface area contributed by atoms with Crippen LogP contribution in [0.25, 0.3) is 10.8 Å². The monoisotopic (exact) mass is 545 g/mol. The Morgan fingerprint density at radius 3 is 1.97 bits per heavy atom. The molecule has 2 aromatic rings. The summed E-state index contributed by atoms with van der Waals surface area (Å²) < 4.78 is 9.61. The zero-order valence-electron chi connectivity index (χ0n) is 20.8. The van der Waals surface area contributed by atoms with Crippen LogP contribution in [0.4, 0.5) is 9.59 Å². The number of fused-ring (bicyclic) bond motifs is 1.